The second-order valence-electron chi connectivity index (χ2n) is 5.32. The fraction of sp³-hybridized carbons (Fsp3) is 0.235. The molecule has 0 spiro atoms. The van der Waals surface area contributed by atoms with Gasteiger partial charge in [-0.25, -0.2) is 9.78 Å². The van der Waals surface area contributed by atoms with Gasteiger partial charge in [0.05, 0.1) is 12.8 Å². The van der Waals surface area contributed by atoms with Gasteiger partial charge in [-0.2, -0.15) is 5.10 Å². The Labute approximate surface area is 149 Å². The van der Waals surface area contributed by atoms with Crippen molar-refractivity contribution in [3.63, 3.8) is 0 Å². The van der Waals surface area contributed by atoms with Gasteiger partial charge >= 0.3 is 5.97 Å². The minimum absolute atomic E-state index is 0.0247. The molecule has 0 amide bonds. The number of esters is 1. The third-order valence-electron chi connectivity index (χ3n) is 3.60. The first-order valence-electron chi connectivity index (χ1n) is 7.44. The van der Waals surface area contributed by atoms with Crippen LogP contribution in [0.25, 0.3) is 11.5 Å². The average Bonchev–Trinajstić information content (AvgIpc) is 3.18. The van der Waals surface area contributed by atoms with E-state index < -0.39 is 5.97 Å². The van der Waals surface area contributed by atoms with E-state index in [0.717, 1.165) is 11.3 Å². The highest BCUT2D eigenvalue weighted by Gasteiger charge is 2.21. The van der Waals surface area contributed by atoms with Crippen molar-refractivity contribution in [3.8, 4) is 17.2 Å². The fourth-order valence-electron chi connectivity index (χ4n) is 2.31. The molecule has 1 aromatic carbocycles. The van der Waals surface area contributed by atoms with Gasteiger partial charge in [0.25, 0.3) is 0 Å². The van der Waals surface area contributed by atoms with Crippen molar-refractivity contribution in [1.82, 2.24) is 14.8 Å². The molecule has 3 rings (SSSR count). The van der Waals surface area contributed by atoms with Crippen LogP contribution < -0.4 is 4.74 Å². The van der Waals surface area contributed by atoms with E-state index in [1.807, 2.05) is 24.3 Å². The molecule has 2 heterocycles. The maximum atomic E-state index is 12.2. The first-order valence-corrected chi connectivity index (χ1v) is 7.82. The molecule has 0 fully saturated rings. The van der Waals surface area contributed by atoms with Gasteiger partial charge in [-0.15, -0.1) is 0 Å². The van der Waals surface area contributed by atoms with Crippen LogP contribution >= 0.6 is 11.6 Å². The molecule has 8 heteroatoms. The summed E-state index contributed by atoms with van der Waals surface area (Å²) in [6.45, 7) is 1.67. The van der Waals surface area contributed by atoms with Crippen LogP contribution in [0, 0.1) is 6.92 Å². The lowest BCUT2D eigenvalue weighted by Crippen LogP contribution is -2.07. The molecule has 0 saturated heterocycles. The van der Waals surface area contributed by atoms with Gasteiger partial charge in [0.1, 0.15) is 35.0 Å². The maximum absolute atomic E-state index is 12.2. The third-order valence-corrected chi connectivity index (χ3v) is 4.03. The van der Waals surface area contributed by atoms with Crippen molar-refractivity contribution in [2.75, 3.05) is 7.11 Å². The van der Waals surface area contributed by atoms with E-state index in [1.54, 1.807) is 21.1 Å². The molecule has 0 aliphatic carbocycles. The van der Waals surface area contributed by atoms with Crippen LogP contribution in [0.5, 0.6) is 5.75 Å². The number of hydrogen-bond acceptors (Lipinski definition) is 6. The molecule has 2 aromatic heterocycles. The first kappa shape index (κ1) is 17.0. The van der Waals surface area contributed by atoms with Crippen LogP contribution in [0.4, 0.5) is 0 Å². The predicted molar refractivity (Wildman–Crippen MR) is 90.6 cm³/mol. The number of hydrogen-bond donors (Lipinski definition) is 0. The van der Waals surface area contributed by atoms with Crippen LogP contribution in [0.1, 0.15) is 21.7 Å². The number of carbonyl (C=O) groups is 1. The van der Waals surface area contributed by atoms with Crippen molar-refractivity contribution >= 4 is 17.6 Å². The summed E-state index contributed by atoms with van der Waals surface area (Å²) in [7, 11) is 3.26. The van der Waals surface area contributed by atoms with Crippen LogP contribution in [-0.2, 0) is 18.4 Å². The smallest absolute Gasteiger partial charge is 0.343 e. The Hall–Kier alpha value is -2.80. The van der Waals surface area contributed by atoms with Crippen molar-refractivity contribution in [1.29, 1.82) is 0 Å². The lowest BCUT2D eigenvalue weighted by atomic mass is 10.2. The van der Waals surface area contributed by atoms with Crippen LogP contribution in [0.15, 0.2) is 34.9 Å². The van der Waals surface area contributed by atoms with E-state index in [-0.39, 0.29) is 17.3 Å². The first-order chi connectivity index (χ1) is 12.0. The highest BCUT2D eigenvalue weighted by atomic mass is 35.5. The minimum Gasteiger partial charge on any atom is -0.497 e. The number of methoxy groups -OCH3 is 1. The summed E-state index contributed by atoms with van der Waals surface area (Å²) in [4.78, 5) is 16.5. The number of rotatable bonds is 5. The van der Waals surface area contributed by atoms with Gasteiger partial charge in [-0.1, -0.05) is 11.6 Å². The zero-order valence-corrected chi connectivity index (χ0v) is 14.7. The Morgan fingerprint density at radius 2 is 2.04 bits per heavy atom. The van der Waals surface area contributed by atoms with Gasteiger partial charge in [-0.05, 0) is 31.2 Å². The summed E-state index contributed by atoms with van der Waals surface area (Å²) in [6, 6.07) is 7.29. The summed E-state index contributed by atoms with van der Waals surface area (Å²) in [6.07, 6.45) is 1.45. The monoisotopic (exact) mass is 361 g/mol. The number of oxazole rings is 1. The number of aryl methyl sites for hydroxylation is 2. The zero-order valence-electron chi connectivity index (χ0n) is 13.9. The Bertz CT molecular complexity index is 899. The normalized spacial score (nSPS) is 10.7. The van der Waals surface area contributed by atoms with Gasteiger partial charge in [-0.3, -0.25) is 4.68 Å². The second kappa shape index (κ2) is 6.98. The maximum Gasteiger partial charge on any atom is 0.343 e. The molecule has 0 N–H and O–H groups in total. The number of benzene rings is 1. The molecular weight excluding hydrogens is 346 g/mol. The zero-order chi connectivity index (χ0) is 18.0. The van der Waals surface area contributed by atoms with Gasteiger partial charge in [0.2, 0.25) is 5.89 Å². The standard InChI is InChI=1S/C17H16ClN3O4/c1-10-14(15(18)21(2)20-10)17(22)25-9-12-8-24-16(19-12)11-4-6-13(23-3)7-5-11/h4-8H,9H2,1-3H3. The van der Waals surface area contributed by atoms with E-state index in [1.165, 1.54) is 10.9 Å². The van der Waals surface area contributed by atoms with E-state index in [9.17, 15) is 4.79 Å². The Kier molecular flexibility index (Phi) is 4.76. The molecule has 3 aromatic rings. The molecule has 0 saturated carbocycles. The Morgan fingerprint density at radius 3 is 2.64 bits per heavy atom. The molecule has 7 nitrogen and oxygen atoms in total. The molecule has 130 valence electrons. The Morgan fingerprint density at radius 1 is 1.32 bits per heavy atom. The predicted octanol–water partition coefficient (Wildman–Crippen LogP) is 3.40. The average molecular weight is 362 g/mol. The molecule has 0 aliphatic heterocycles. The molecule has 25 heavy (non-hydrogen) atoms. The summed E-state index contributed by atoms with van der Waals surface area (Å²) in [5.41, 5.74) is 2.06. The molecule has 0 aliphatic rings. The van der Waals surface area contributed by atoms with Crippen LogP contribution in [0.2, 0.25) is 5.15 Å². The van der Waals surface area contributed by atoms with Crippen molar-refractivity contribution in [2.24, 2.45) is 7.05 Å². The molecule has 0 radical (unpaired) electrons. The number of carbonyl (C=O) groups excluding carboxylic acids is 1. The second-order valence-corrected chi connectivity index (χ2v) is 5.68. The summed E-state index contributed by atoms with van der Waals surface area (Å²) in [5.74, 6) is 0.627. The molecule has 0 unspecified atom stereocenters. The number of halogens is 1. The summed E-state index contributed by atoms with van der Waals surface area (Å²) in [5, 5.41) is 4.32. The van der Waals surface area contributed by atoms with Gasteiger partial charge in [0.15, 0.2) is 0 Å². The Balaban J connectivity index is 1.68. The van der Waals surface area contributed by atoms with Gasteiger partial charge < -0.3 is 13.9 Å². The molecule has 0 bridgehead atoms. The van der Waals surface area contributed by atoms with Crippen LogP contribution in [0.3, 0.4) is 0 Å². The van der Waals surface area contributed by atoms with E-state index in [0.29, 0.717) is 17.3 Å². The highest BCUT2D eigenvalue weighted by molar-refractivity contribution is 6.32. The topological polar surface area (TPSA) is 79.4 Å². The van der Waals surface area contributed by atoms with Gasteiger partial charge in [0, 0.05) is 12.6 Å². The van der Waals surface area contributed by atoms with Crippen molar-refractivity contribution < 1.29 is 18.7 Å². The van der Waals surface area contributed by atoms with Crippen LogP contribution in [-0.4, -0.2) is 27.8 Å². The quantitative estimate of drug-likeness (QED) is 0.648. The highest BCUT2D eigenvalue weighted by Crippen LogP contribution is 2.23. The summed E-state index contributed by atoms with van der Waals surface area (Å²) < 4.78 is 17.2. The summed E-state index contributed by atoms with van der Waals surface area (Å²) >= 11 is 6.05. The number of aromatic nitrogens is 3. The fourth-order valence-corrected chi connectivity index (χ4v) is 2.56. The molecular formula is C17H16ClN3O4. The lowest BCUT2D eigenvalue weighted by Gasteiger charge is -2.02. The minimum atomic E-state index is -0.551. The SMILES string of the molecule is COc1ccc(-c2nc(COC(=O)c3c(C)nn(C)c3Cl)co2)cc1. The van der Waals surface area contributed by atoms with Crippen molar-refractivity contribution in [2.45, 2.75) is 13.5 Å². The third kappa shape index (κ3) is 3.51. The number of ether oxygens (including phenoxy) is 2. The largest absolute Gasteiger partial charge is 0.497 e. The lowest BCUT2D eigenvalue weighted by molar-refractivity contribution is 0.0467. The molecule has 0 atom stereocenters. The van der Waals surface area contributed by atoms with E-state index >= 15 is 0 Å². The van der Waals surface area contributed by atoms with E-state index in [4.69, 9.17) is 25.5 Å². The number of nitrogens with zero attached hydrogens (tertiary/aromatic N) is 3. The van der Waals surface area contributed by atoms with Crippen molar-refractivity contribution in [3.05, 3.63) is 52.6 Å². The van der Waals surface area contributed by atoms with E-state index in [2.05, 4.69) is 10.1 Å².